The van der Waals surface area contributed by atoms with E-state index in [1.54, 1.807) is 19.4 Å². The zero-order valence-corrected chi connectivity index (χ0v) is 21.3. The Balaban J connectivity index is 2.14. The maximum atomic E-state index is 13.3. The van der Waals surface area contributed by atoms with Crippen LogP contribution in [0, 0.1) is 0 Å². The van der Waals surface area contributed by atoms with E-state index < -0.39 is 0 Å². The van der Waals surface area contributed by atoms with Gasteiger partial charge in [0, 0.05) is 20.4 Å². The van der Waals surface area contributed by atoms with Gasteiger partial charge in [-0.25, -0.2) is 4.98 Å². The van der Waals surface area contributed by atoms with Gasteiger partial charge in [-0.05, 0) is 66.5 Å². The van der Waals surface area contributed by atoms with Crippen molar-refractivity contribution in [1.82, 2.24) is 9.66 Å². The van der Waals surface area contributed by atoms with E-state index >= 15 is 0 Å². The number of methoxy groups -OCH3 is 1. The smallest absolute Gasteiger partial charge is 0.282 e. The first kappa shape index (κ1) is 23.5. The van der Waals surface area contributed by atoms with Crippen LogP contribution in [0.1, 0.15) is 51.4 Å². The fourth-order valence-electron chi connectivity index (χ4n) is 3.05. The number of aromatic nitrogens is 2. The molecule has 0 aliphatic rings. The largest absolute Gasteiger partial charge is 0.493 e. The van der Waals surface area contributed by atoms with Crippen LogP contribution in [-0.2, 0) is 0 Å². The Labute approximate surface area is 198 Å². The first-order valence-electron chi connectivity index (χ1n) is 10.1. The second kappa shape index (κ2) is 9.96. The van der Waals surface area contributed by atoms with Gasteiger partial charge in [0.05, 0.1) is 30.3 Å². The number of halogens is 2. The van der Waals surface area contributed by atoms with Gasteiger partial charge in [0.25, 0.3) is 5.56 Å². The number of ether oxygens (including phenoxy) is 2. The number of hydrogen-bond donors (Lipinski definition) is 0. The third kappa shape index (κ3) is 5.18. The maximum Gasteiger partial charge on any atom is 0.282 e. The van der Waals surface area contributed by atoms with Crippen molar-refractivity contribution in [3.05, 3.63) is 61.0 Å². The molecule has 0 radical (unpaired) electrons. The quantitative estimate of drug-likeness (QED) is 0.333. The molecular weight excluding hydrogens is 526 g/mol. The predicted octanol–water partition coefficient (Wildman–Crippen LogP) is 6.11. The summed E-state index contributed by atoms with van der Waals surface area (Å²) in [5.74, 6) is 1.92. The van der Waals surface area contributed by atoms with Gasteiger partial charge < -0.3 is 9.47 Å². The molecule has 0 fully saturated rings. The van der Waals surface area contributed by atoms with Crippen LogP contribution in [0.4, 0.5) is 0 Å². The highest BCUT2D eigenvalue weighted by Crippen LogP contribution is 2.33. The van der Waals surface area contributed by atoms with E-state index in [0.29, 0.717) is 28.2 Å². The summed E-state index contributed by atoms with van der Waals surface area (Å²) in [6.07, 6.45) is 2.48. The Morgan fingerprint density at radius 2 is 1.90 bits per heavy atom. The molecule has 2 aromatic carbocycles. The normalized spacial score (nSPS) is 12.6. The van der Waals surface area contributed by atoms with Crippen molar-refractivity contribution in [3.63, 3.8) is 0 Å². The molecular formula is C23H25Br2N3O3. The highest BCUT2D eigenvalue weighted by molar-refractivity contribution is 9.10. The van der Waals surface area contributed by atoms with E-state index in [-0.39, 0.29) is 17.6 Å². The lowest BCUT2D eigenvalue weighted by atomic mass is 10.1. The highest BCUT2D eigenvalue weighted by Gasteiger charge is 2.16. The highest BCUT2D eigenvalue weighted by atomic mass is 79.9. The minimum Gasteiger partial charge on any atom is -0.493 e. The molecule has 0 bridgehead atoms. The molecule has 0 aliphatic heterocycles. The second-order valence-electron chi connectivity index (χ2n) is 7.49. The Bertz CT molecular complexity index is 1190. The van der Waals surface area contributed by atoms with Crippen molar-refractivity contribution >= 4 is 49.0 Å². The van der Waals surface area contributed by atoms with Crippen molar-refractivity contribution in [2.45, 2.75) is 46.1 Å². The van der Waals surface area contributed by atoms with E-state index in [9.17, 15) is 4.79 Å². The van der Waals surface area contributed by atoms with Crippen LogP contribution < -0.4 is 15.0 Å². The molecule has 1 atom stereocenters. The molecule has 0 spiro atoms. The predicted molar refractivity (Wildman–Crippen MR) is 132 cm³/mol. The van der Waals surface area contributed by atoms with Crippen molar-refractivity contribution in [2.75, 3.05) is 7.11 Å². The topological polar surface area (TPSA) is 65.7 Å². The van der Waals surface area contributed by atoms with Gasteiger partial charge in [-0.1, -0.05) is 29.8 Å². The molecule has 0 amide bonds. The molecule has 3 rings (SSSR count). The molecule has 1 aromatic heterocycles. The fraction of sp³-hybridized carbons (Fsp3) is 0.348. The van der Waals surface area contributed by atoms with Gasteiger partial charge in [0.15, 0.2) is 11.5 Å². The van der Waals surface area contributed by atoms with Gasteiger partial charge in [-0.2, -0.15) is 9.78 Å². The summed E-state index contributed by atoms with van der Waals surface area (Å²) < 4.78 is 14.3. The Morgan fingerprint density at radius 3 is 2.55 bits per heavy atom. The molecule has 6 nitrogen and oxygen atoms in total. The van der Waals surface area contributed by atoms with E-state index in [0.717, 1.165) is 20.9 Å². The second-order valence-corrected chi connectivity index (χ2v) is 9.26. The fourth-order valence-corrected chi connectivity index (χ4v) is 3.84. The molecule has 0 saturated heterocycles. The molecule has 0 aliphatic carbocycles. The Morgan fingerprint density at radius 1 is 1.16 bits per heavy atom. The van der Waals surface area contributed by atoms with Crippen molar-refractivity contribution in [3.8, 4) is 11.5 Å². The summed E-state index contributed by atoms with van der Waals surface area (Å²) >= 11 is 7.00. The van der Waals surface area contributed by atoms with Crippen molar-refractivity contribution < 1.29 is 9.47 Å². The number of fused-ring (bicyclic) bond motifs is 1. The van der Waals surface area contributed by atoms with Gasteiger partial charge in [0.2, 0.25) is 0 Å². The minimum atomic E-state index is -0.208. The zero-order chi connectivity index (χ0) is 22.7. The SMILES string of the molecule is CC[C@@H](C)c1nc2ccc(Br)cc2c(=O)n1N=Cc1cc(OC)c(OC(C)C)cc1Br. The molecule has 0 unspecified atom stereocenters. The number of benzene rings is 2. The van der Waals surface area contributed by atoms with Crippen LogP contribution in [0.2, 0.25) is 0 Å². The van der Waals surface area contributed by atoms with Gasteiger partial charge in [0.1, 0.15) is 5.82 Å². The van der Waals surface area contributed by atoms with Crippen molar-refractivity contribution in [2.24, 2.45) is 5.10 Å². The maximum absolute atomic E-state index is 13.3. The summed E-state index contributed by atoms with van der Waals surface area (Å²) in [5.41, 5.74) is 1.21. The van der Waals surface area contributed by atoms with Crippen LogP contribution in [0.3, 0.4) is 0 Å². The molecule has 31 heavy (non-hydrogen) atoms. The van der Waals surface area contributed by atoms with Crippen LogP contribution in [0.15, 0.2) is 49.2 Å². The lowest BCUT2D eigenvalue weighted by Crippen LogP contribution is -2.23. The van der Waals surface area contributed by atoms with Crippen molar-refractivity contribution in [1.29, 1.82) is 0 Å². The molecule has 8 heteroatoms. The Hall–Kier alpha value is -2.19. The zero-order valence-electron chi connectivity index (χ0n) is 18.1. The average Bonchev–Trinajstić information content (AvgIpc) is 2.73. The van der Waals surface area contributed by atoms with E-state index in [2.05, 4.69) is 43.9 Å². The standard InChI is InChI=1S/C23H25Br2N3O3/c1-6-14(4)22-27-19-8-7-16(24)10-17(19)23(29)28(22)26-12-15-9-20(30-5)21(11-18(15)25)31-13(2)3/h7-14H,6H2,1-5H3/t14-/m1/s1. The first-order chi connectivity index (χ1) is 14.7. The van der Waals surface area contributed by atoms with Crippen LogP contribution in [0.25, 0.3) is 10.9 Å². The summed E-state index contributed by atoms with van der Waals surface area (Å²) in [5, 5.41) is 5.04. The monoisotopic (exact) mass is 549 g/mol. The van der Waals surface area contributed by atoms with E-state index in [1.807, 2.05) is 45.0 Å². The summed E-state index contributed by atoms with van der Waals surface area (Å²) in [6.45, 7) is 8.01. The lowest BCUT2D eigenvalue weighted by molar-refractivity contribution is 0.230. The van der Waals surface area contributed by atoms with E-state index in [4.69, 9.17) is 14.5 Å². The third-order valence-electron chi connectivity index (χ3n) is 4.84. The number of hydrogen-bond acceptors (Lipinski definition) is 5. The van der Waals surface area contributed by atoms with Gasteiger partial charge in [-0.3, -0.25) is 4.79 Å². The summed E-state index contributed by atoms with van der Waals surface area (Å²) in [7, 11) is 1.59. The third-order valence-corrected chi connectivity index (χ3v) is 6.02. The van der Waals surface area contributed by atoms with Gasteiger partial charge >= 0.3 is 0 Å². The molecule has 3 aromatic rings. The summed E-state index contributed by atoms with van der Waals surface area (Å²) in [4.78, 5) is 18.0. The van der Waals surface area contributed by atoms with Crippen LogP contribution >= 0.6 is 31.9 Å². The summed E-state index contributed by atoms with van der Waals surface area (Å²) in [6, 6.07) is 9.16. The minimum absolute atomic E-state index is 0.0139. The van der Waals surface area contributed by atoms with E-state index in [1.165, 1.54) is 4.68 Å². The van der Waals surface area contributed by atoms with Gasteiger partial charge in [-0.15, -0.1) is 0 Å². The van der Waals surface area contributed by atoms with Crippen LogP contribution in [-0.4, -0.2) is 29.1 Å². The molecule has 0 saturated carbocycles. The number of nitrogens with zero attached hydrogens (tertiary/aromatic N) is 3. The lowest BCUT2D eigenvalue weighted by Gasteiger charge is -2.15. The number of rotatable bonds is 7. The molecule has 164 valence electrons. The Kier molecular flexibility index (Phi) is 7.54. The molecule has 1 heterocycles. The van der Waals surface area contributed by atoms with Crippen LogP contribution in [0.5, 0.6) is 11.5 Å². The average molecular weight is 551 g/mol. The molecule has 0 N–H and O–H groups in total. The first-order valence-corrected chi connectivity index (χ1v) is 11.6.